The van der Waals surface area contributed by atoms with Crippen LogP contribution in [-0.4, -0.2) is 32.5 Å². The number of hydrogen-bond donors (Lipinski definition) is 3. The first-order valence-electron chi connectivity index (χ1n) is 11.1. The molecule has 4 rings (SSSR count). The summed E-state index contributed by atoms with van der Waals surface area (Å²) in [6.07, 6.45) is 6.04. The molecular weight excluding hydrogens is 410 g/mol. The molecular formula is C24H31N3O3S. The van der Waals surface area contributed by atoms with Gasteiger partial charge in [0.05, 0.1) is 4.90 Å². The third-order valence-corrected chi connectivity index (χ3v) is 7.62. The van der Waals surface area contributed by atoms with E-state index < -0.39 is 10.0 Å². The van der Waals surface area contributed by atoms with E-state index in [4.69, 9.17) is 0 Å². The molecule has 3 N–H and O–H groups in total. The number of anilines is 1. The molecule has 2 aliphatic carbocycles. The number of rotatable bonds is 7. The average molecular weight is 442 g/mol. The maximum absolute atomic E-state index is 13.1. The van der Waals surface area contributed by atoms with Crippen LogP contribution in [0.5, 0.6) is 0 Å². The van der Waals surface area contributed by atoms with Crippen LogP contribution in [0.4, 0.5) is 5.69 Å². The van der Waals surface area contributed by atoms with Crippen molar-refractivity contribution in [3.63, 3.8) is 0 Å². The minimum atomic E-state index is -3.71. The summed E-state index contributed by atoms with van der Waals surface area (Å²) in [5.74, 6) is -0.242. The van der Waals surface area contributed by atoms with E-state index in [0.717, 1.165) is 25.7 Å². The van der Waals surface area contributed by atoms with Crippen molar-refractivity contribution in [3.05, 3.63) is 59.2 Å². The molecule has 0 aromatic heterocycles. The van der Waals surface area contributed by atoms with E-state index in [2.05, 4.69) is 27.5 Å². The number of sulfonamides is 1. The number of carbonyl (C=O) groups excluding carboxylic acids is 1. The van der Waals surface area contributed by atoms with Crippen molar-refractivity contribution in [2.45, 2.75) is 75.4 Å². The molecule has 0 radical (unpaired) electrons. The molecule has 2 aromatic rings. The molecule has 0 bridgehead atoms. The minimum Gasteiger partial charge on any atom is -0.382 e. The Morgan fingerprint density at radius 3 is 2.23 bits per heavy atom. The van der Waals surface area contributed by atoms with Gasteiger partial charge < -0.3 is 10.6 Å². The zero-order chi connectivity index (χ0) is 22.0. The summed E-state index contributed by atoms with van der Waals surface area (Å²) >= 11 is 0. The second-order valence-electron chi connectivity index (χ2n) is 9.00. The summed E-state index contributed by atoms with van der Waals surface area (Å²) in [6, 6.07) is 13.2. The standard InChI is InChI=1S/C24H31N3O3S/c1-16(2)27-31(29,30)23-14-19(13-22(15-23)25-20-9-5-6-10-20)24(28)26-21-11-17-7-3-4-8-18(17)12-21/h3-4,7-8,13-16,20-21,25,27H,5-6,9-12H2,1-2H3,(H,26,28). The van der Waals surface area contributed by atoms with Crippen LogP contribution in [0.3, 0.4) is 0 Å². The third kappa shape index (κ3) is 5.28. The number of carbonyl (C=O) groups is 1. The number of amides is 1. The van der Waals surface area contributed by atoms with Crippen molar-refractivity contribution in [2.75, 3.05) is 5.32 Å². The highest BCUT2D eigenvalue weighted by Crippen LogP contribution is 2.26. The molecule has 0 atom stereocenters. The number of fused-ring (bicyclic) bond motifs is 1. The first-order chi connectivity index (χ1) is 14.8. The number of nitrogens with one attached hydrogen (secondary N) is 3. The van der Waals surface area contributed by atoms with E-state index in [1.807, 2.05) is 12.1 Å². The Morgan fingerprint density at radius 2 is 1.61 bits per heavy atom. The van der Waals surface area contributed by atoms with Crippen molar-refractivity contribution in [2.24, 2.45) is 0 Å². The molecule has 0 unspecified atom stereocenters. The zero-order valence-corrected chi connectivity index (χ0v) is 19.0. The molecule has 1 saturated carbocycles. The van der Waals surface area contributed by atoms with Crippen molar-refractivity contribution >= 4 is 21.6 Å². The van der Waals surface area contributed by atoms with Gasteiger partial charge in [-0.05, 0) is 68.9 Å². The average Bonchev–Trinajstić information content (AvgIpc) is 3.35. The van der Waals surface area contributed by atoms with Gasteiger partial charge in [0.1, 0.15) is 0 Å². The van der Waals surface area contributed by atoms with Crippen LogP contribution in [0.2, 0.25) is 0 Å². The smallest absolute Gasteiger partial charge is 0.251 e. The highest BCUT2D eigenvalue weighted by Gasteiger charge is 2.25. The second kappa shape index (κ2) is 9.01. The van der Waals surface area contributed by atoms with Gasteiger partial charge in [-0.3, -0.25) is 4.79 Å². The van der Waals surface area contributed by atoms with Crippen LogP contribution in [-0.2, 0) is 22.9 Å². The molecule has 7 heteroatoms. The van der Waals surface area contributed by atoms with Gasteiger partial charge in [-0.25, -0.2) is 13.1 Å². The number of hydrogen-bond acceptors (Lipinski definition) is 4. The van der Waals surface area contributed by atoms with Crippen LogP contribution in [0.15, 0.2) is 47.4 Å². The third-order valence-electron chi connectivity index (χ3n) is 5.98. The van der Waals surface area contributed by atoms with Gasteiger partial charge in [0.2, 0.25) is 10.0 Å². The minimum absolute atomic E-state index is 0.0187. The lowest BCUT2D eigenvalue weighted by Gasteiger charge is -2.18. The normalized spacial score (nSPS) is 17.1. The van der Waals surface area contributed by atoms with Crippen LogP contribution < -0.4 is 15.4 Å². The summed E-state index contributed by atoms with van der Waals surface area (Å²) < 4.78 is 28.3. The fraction of sp³-hybridized carbons (Fsp3) is 0.458. The molecule has 0 heterocycles. The van der Waals surface area contributed by atoms with Crippen LogP contribution in [0.25, 0.3) is 0 Å². The van der Waals surface area contributed by atoms with Gasteiger partial charge in [-0.2, -0.15) is 0 Å². The molecule has 166 valence electrons. The van der Waals surface area contributed by atoms with Crippen LogP contribution >= 0.6 is 0 Å². The van der Waals surface area contributed by atoms with Crippen molar-refractivity contribution in [3.8, 4) is 0 Å². The monoisotopic (exact) mass is 441 g/mol. The molecule has 0 saturated heterocycles. The van der Waals surface area contributed by atoms with Gasteiger partial charge in [-0.1, -0.05) is 37.1 Å². The van der Waals surface area contributed by atoms with E-state index in [-0.39, 0.29) is 22.9 Å². The number of benzene rings is 2. The highest BCUT2D eigenvalue weighted by molar-refractivity contribution is 7.89. The largest absolute Gasteiger partial charge is 0.382 e. The topological polar surface area (TPSA) is 87.3 Å². The highest BCUT2D eigenvalue weighted by atomic mass is 32.2. The van der Waals surface area contributed by atoms with Crippen molar-refractivity contribution < 1.29 is 13.2 Å². The summed E-state index contributed by atoms with van der Waals surface area (Å²) in [7, 11) is -3.71. The SMILES string of the molecule is CC(C)NS(=O)(=O)c1cc(NC2CCCC2)cc(C(=O)NC2Cc3ccccc3C2)c1. The Labute approximate surface area is 184 Å². The summed E-state index contributed by atoms with van der Waals surface area (Å²) in [6.45, 7) is 3.56. The quantitative estimate of drug-likeness (QED) is 0.612. The Kier molecular flexibility index (Phi) is 6.34. The van der Waals surface area contributed by atoms with E-state index >= 15 is 0 Å². The second-order valence-corrected chi connectivity index (χ2v) is 10.7. The van der Waals surface area contributed by atoms with Gasteiger partial charge >= 0.3 is 0 Å². The van der Waals surface area contributed by atoms with Crippen LogP contribution in [0.1, 0.15) is 61.0 Å². The predicted molar refractivity (Wildman–Crippen MR) is 123 cm³/mol. The molecule has 31 heavy (non-hydrogen) atoms. The van der Waals surface area contributed by atoms with Gasteiger partial charge in [0.15, 0.2) is 0 Å². The van der Waals surface area contributed by atoms with E-state index in [1.165, 1.54) is 30.0 Å². The fourth-order valence-corrected chi connectivity index (χ4v) is 5.90. The molecule has 0 spiro atoms. The van der Waals surface area contributed by atoms with Crippen molar-refractivity contribution in [1.82, 2.24) is 10.0 Å². The molecule has 0 aliphatic heterocycles. The molecule has 6 nitrogen and oxygen atoms in total. The molecule has 1 fully saturated rings. The van der Waals surface area contributed by atoms with Crippen LogP contribution in [0, 0.1) is 0 Å². The Bertz CT molecular complexity index is 1030. The van der Waals surface area contributed by atoms with Gasteiger partial charge in [0, 0.05) is 29.4 Å². The van der Waals surface area contributed by atoms with E-state index in [0.29, 0.717) is 17.3 Å². The summed E-state index contributed by atoms with van der Waals surface area (Å²) in [5.41, 5.74) is 3.56. The Morgan fingerprint density at radius 1 is 0.968 bits per heavy atom. The fourth-order valence-electron chi connectivity index (χ4n) is 4.58. The van der Waals surface area contributed by atoms with Crippen molar-refractivity contribution in [1.29, 1.82) is 0 Å². The zero-order valence-electron chi connectivity index (χ0n) is 18.1. The molecule has 2 aliphatic rings. The van der Waals surface area contributed by atoms with Gasteiger partial charge in [-0.15, -0.1) is 0 Å². The lowest BCUT2D eigenvalue weighted by atomic mass is 10.1. The molecule has 2 aromatic carbocycles. The lowest BCUT2D eigenvalue weighted by molar-refractivity contribution is 0.0938. The Hall–Kier alpha value is -2.38. The predicted octanol–water partition coefficient (Wildman–Crippen LogP) is 3.63. The summed E-state index contributed by atoms with van der Waals surface area (Å²) in [5, 5.41) is 6.54. The first-order valence-corrected chi connectivity index (χ1v) is 12.6. The maximum atomic E-state index is 13.1. The lowest BCUT2D eigenvalue weighted by Crippen LogP contribution is -2.35. The summed E-state index contributed by atoms with van der Waals surface area (Å²) in [4.78, 5) is 13.2. The Balaban J connectivity index is 1.57. The first kappa shape index (κ1) is 21.8. The maximum Gasteiger partial charge on any atom is 0.251 e. The van der Waals surface area contributed by atoms with E-state index in [9.17, 15) is 13.2 Å². The molecule has 1 amide bonds. The van der Waals surface area contributed by atoms with Gasteiger partial charge in [0.25, 0.3) is 5.91 Å². The van der Waals surface area contributed by atoms with E-state index in [1.54, 1.807) is 26.0 Å².